The van der Waals surface area contributed by atoms with E-state index in [-0.39, 0.29) is 5.78 Å². The first-order chi connectivity index (χ1) is 8.47. The van der Waals surface area contributed by atoms with Crippen LogP contribution in [-0.4, -0.2) is 16.5 Å². The van der Waals surface area contributed by atoms with E-state index in [0.29, 0.717) is 0 Å². The second-order valence-corrected chi connectivity index (χ2v) is 6.50. The molecule has 2 heterocycles. The zero-order valence-electron chi connectivity index (χ0n) is 10.2. The van der Waals surface area contributed by atoms with Gasteiger partial charge in [-0.1, -0.05) is 6.07 Å². The Labute approximate surface area is 114 Å². The number of hydrogen-bond acceptors (Lipinski definition) is 4. The minimum Gasteiger partial charge on any atom is -0.382 e. The smallest absolute Gasteiger partial charge is 0.186 e. The maximum absolute atomic E-state index is 11.5. The molecule has 0 fully saturated rings. The van der Waals surface area contributed by atoms with E-state index in [9.17, 15) is 9.90 Å². The van der Waals surface area contributed by atoms with Crippen LogP contribution >= 0.6 is 22.7 Å². The van der Waals surface area contributed by atoms with Gasteiger partial charge in [0.2, 0.25) is 0 Å². The SMILES string of the molecule is CC(C)(O)C(=O)C=Cc1ccc(-c2cccs2)s1. The van der Waals surface area contributed by atoms with Gasteiger partial charge in [-0.25, -0.2) is 0 Å². The van der Waals surface area contributed by atoms with Crippen LogP contribution in [0, 0.1) is 0 Å². The summed E-state index contributed by atoms with van der Waals surface area (Å²) in [6, 6.07) is 8.12. The number of carbonyl (C=O) groups is 1. The summed E-state index contributed by atoms with van der Waals surface area (Å²) in [5.41, 5.74) is -1.30. The zero-order chi connectivity index (χ0) is 13.2. The van der Waals surface area contributed by atoms with Crippen LogP contribution in [0.3, 0.4) is 0 Å². The van der Waals surface area contributed by atoms with Gasteiger partial charge in [-0.05, 0) is 49.6 Å². The van der Waals surface area contributed by atoms with Gasteiger partial charge in [0.05, 0.1) is 0 Å². The van der Waals surface area contributed by atoms with Gasteiger partial charge < -0.3 is 5.11 Å². The summed E-state index contributed by atoms with van der Waals surface area (Å²) < 4.78 is 0. The molecular weight excluding hydrogens is 264 g/mol. The third kappa shape index (κ3) is 3.16. The lowest BCUT2D eigenvalue weighted by Gasteiger charge is -2.11. The molecular formula is C14H14O2S2. The second kappa shape index (κ2) is 5.18. The fourth-order valence-corrected chi connectivity index (χ4v) is 3.10. The Hall–Kier alpha value is -1.23. The normalized spacial score (nSPS) is 12.2. The standard InChI is InChI=1S/C14H14O2S2/c1-14(2,16)13(15)8-6-10-5-7-12(18-10)11-4-3-9-17-11/h3-9,16H,1-2H3. The Morgan fingerprint density at radius 3 is 2.67 bits per heavy atom. The third-order valence-corrected chi connectivity index (χ3v) is 4.51. The quantitative estimate of drug-likeness (QED) is 0.863. The Morgan fingerprint density at radius 2 is 2.06 bits per heavy atom. The molecule has 0 unspecified atom stereocenters. The van der Waals surface area contributed by atoms with E-state index in [1.54, 1.807) is 28.7 Å². The Morgan fingerprint density at radius 1 is 1.28 bits per heavy atom. The van der Waals surface area contributed by atoms with E-state index in [4.69, 9.17) is 0 Å². The lowest BCUT2D eigenvalue weighted by atomic mass is 10.0. The molecule has 4 heteroatoms. The molecule has 0 amide bonds. The number of carbonyl (C=O) groups excluding carboxylic acids is 1. The molecule has 0 aliphatic rings. The number of thiophene rings is 2. The fourth-order valence-electron chi connectivity index (χ4n) is 1.36. The average Bonchev–Trinajstić information content (AvgIpc) is 2.94. The number of aliphatic hydroxyl groups is 1. The first kappa shape index (κ1) is 13.2. The van der Waals surface area contributed by atoms with Crippen LogP contribution in [0.5, 0.6) is 0 Å². The summed E-state index contributed by atoms with van der Waals surface area (Å²) in [7, 11) is 0. The van der Waals surface area contributed by atoms with Crippen molar-refractivity contribution in [1.82, 2.24) is 0 Å². The van der Waals surface area contributed by atoms with Gasteiger partial charge in [0.15, 0.2) is 5.78 Å². The lowest BCUT2D eigenvalue weighted by Crippen LogP contribution is -2.29. The van der Waals surface area contributed by atoms with Crippen LogP contribution < -0.4 is 0 Å². The Balaban J connectivity index is 2.12. The zero-order valence-corrected chi connectivity index (χ0v) is 11.8. The van der Waals surface area contributed by atoms with E-state index in [1.807, 2.05) is 23.6 Å². The van der Waals surface area contributed by atoms with Gasteiger partial charge in [-0.15, -0.1) is 22.7 Å². The van der Waals surface area contributed by atoms with Crippen LogP contribution in [0.15, 0.2) is 35.7 Å². The highest BCUT2D eigenvalue weighted by Gasteiger charge is 2.20. The molecule has 0 spiro atoms. The molecule has 0 bridgehead atoms. The number of hydrogen-bond donors (Lipinski definition) is 1. The van der Waals surface area contributed by atoms with Crippen LogP contribution in [0.2, 0.25) is 0 Å². The van der Waals surface area contributed by atoms with Crippen LogP contribution in [-0.2, 0) is 4.79 Å². The molecule has 2 nitrogen and oxygen atoms in total. The fraction of sp³-hybridized carbons (Fsp3) is 0.214. The molecule has 94 valence electrons. The number of rotatable bonds is 4. The highest BCUT2D eigenvalue weighted by Crippen LogP contribution is 2.32. The van der Waals surface area contributed by atoms with Crippen molar-refractivity contribution in [1.29, 1.82) is 0 Å². The summed E-state index contributed by atoms with van der Waals surface area (Å²) in [5, 5.41) is 11.6. The lowest BCUT2D eigenvalue weighted by molar-refractivity contribution is -0.128. The molecule has 0 aliphatic heterocycles. The molecule has 1 N–H and O–H groups in total. The molecule has 0 aromatic carbocycles. The molecule has 2 rings (SSSR count). The highest BCUT2D eigenvalue weighted by molar-refractivity contribution is 7.21. The van der Waals surface area contributed by atoms with Gasteiger partial charge in [-0.2, -0.15) is 0 Å². The van der Waals surface area contributed by atoms with Crippen molar-refractivity contribution in [3.63, 3.8) is 0 Å². The maximum atomic E-state index is 11.5. The molecule has 2 aromatic rings. The maximum Gasteiger partial charge on any atom is 0.186 e. The van der Waals surface area contributed by atoms with E-state index >= 15 is 0 Å². The first-order valence-electron chi connectivity index (χ1n) is 5.55. The van der Waals surface area contributed by atoms with Crippen LogP contribution in [0.1, 0.15) is 18.7 Å². The average molecular weight is 278 g/mol. The van der Waals surface area contributed by atoms with Crippen molar-refractivity contribution in [2.24, 2.45) is 0 Å². The Bertz CT molecular complexity index is 557. The van der Waals surface area contributed by atoms with E-state index < -0.39 is 5.60 Å². The summed E-state index contributed by atoms with van der Waals surface area (Å²) in [4.78, 5) is 15.0. The molecule has 18 heavy (non-hydrogen) atoms. The summed E-state index contributed by atoms with van der Waals surface area (Å²) in [6.45, 7) is 2.98. The Kier molecular flexibility index (Phi) is 3.80. The van der Waals surface area contributed by atoms with Gasteiger partial charge in [0.1, 0.15) is 5.60 Å². The monoisotopic (exact) mass is 278 g/mol. The van der Waals surface area contributed by atoms with Gasteiger partial charge in [0, 0.05) is 14.6 Å². The predicted octanol–water partition coefficient (Wildman–Crippen LogP) is 3.83. The van der Waals surface area contributed by atoms with Crippen molar-refractivity contribution >= 4 is 34.5 Å². The van der Waals surface area contributed by atoms with E-state index in [1.165, 1.54) is 29.7 Å². The molecule has 2 aromatic heterocycles. The second-order valence-electron chi connectivity index (χ2n) is 4.44. The molecule has 0 saturated heterocycles. The van der Waals surface area contributed by atoms with Crippen molar-refractivity contribution in [2.45, 2.75) is 19.4 Å². The largest absolute Gasteiger partial charge is 0.382 e. The summed E-state index contributed by atoms with van der Waals surface area (Å²) >= 11 is 3.33. The summed E-state index contributed by atoms with van der Waals surface area (Å²) in [5.74, 6) is -0.284. The third-order valence-electron chi connectivity index (χ3n) is 2.39. The van der Waals surface area contributed by atoms with Crippen molar-refractivity contribution < 1.29 is 9.90 Å². The number of ketones is 1. The topological polar surface area (TPSA) is 37.3 Å². The van der Waals surface area contributed by atoms with E-state index in [2.05, 4.69) is 6.07 Å². The molecule has 0 radical (unpaired) electrons. The van der Waals surface area contributed by atoms with Gasteiger partial charge >= 0.3 is 0 Å². The van der Waals surface area contributed by atoms with Crippen molar-refractivity contribution in [3.05, 3.63) is 40.6 Å². The van der Waals surface area contributed by atoms with E-state index in [0.717, 1.165) is 4.88 Å². The highest BCUT2D eigenvalue weighted by atomic mass is 32.1. The predicted molar refractivity (Wildman–Crippen MR) is 78.0 cm³/mol. The summed E-state index contributed by atoms with van der Waals surface area (Å²) in [6.07, 6.45) is 3.19. The minimum absolute atomic E-state index is 0.284. The van der Waals surface area contributed by atoms with Crippen molar-refractivity contribution in [3.8, 4) is 9.75 Å². The van der Waals surface area contributed by atoms with Gasteiger partial charge in [-0.3, -0.25) is 4.79 Å². The molecule has 0 aliphatic carbocycles. The van der Waals surface area contributed by atoms with Crippen LogP contribution in [0.25, 0.3) is 15.8 Å². The first-order valence-corrected chi connectivity index (χ1v) is 7.25. The minimum atomic E-state index is -1.30. The molecule has 0 saturated carbocycles. The molecule has 0 atom stereocenters. The van der Waals surface area contributed by atoms with Crippen LogP contribution in [0.4, 0.5) is 0 Å². The van der Waals surface area contributed by atoms with Gasteiger partial charge in [0.25, 0.3) is 0 Å². The van der Waals surface area contributed by atoms with Crippen molar-refractivity contribution in [2.75, 3.05) is 0 Å².